The molecule has 0 unspecified atom stereocenters. The van der Waals surface area contributed by atoms with Crippen molar-refractivity contribution in [2.45, 2.75) is 33.5 Å². The Bertz CT molecular complexity index is 1230. The van der Waals surface area contributed by atoms with Crippen LogP contribution >= 0.6 is 11.6 Å². The number of imidazole rings is 1. The summed E-state index contributed by atoms with van der Waals surface area (Å²) in [6.07, 6.45) is 0. The summed E-state index contributed by atoms with van der Waals surface area (Å²) in [5.74, 6) is 0.631. The number of aromatic nitrogens is 4. The summed E-state index contributed by atoms with van der Waals surface area (Å²) in [5.41, 5.74) is 13.3. The number of rotatable bonds is 11. The van der Waals surface area contributed by atoms with Crippen LogP contribution in [0.1, 0.15) is 30.2 Å². The second-order valence-electron chi connectivity index (χ2n) is 7.47. The lowest BCUT2D eigenvalue weighted by Crippen LogP contribution is -2.40. The lowest BCUT2D eigenvalue weighted by atomic mass is 10.3. The van der Waals surface area contributed by atoms with Crippen LogP contribution in [0.25, 0.3) is 11.0 Å². The smallest absolute Gasteiger partial charge is 0.319 e. The van der Waals surface area contributed by atoms with Gasteiger partial charge in [0.15, 0.2) is 33.5 Å². The van der Waals surface area contributed by atoms with Gasteiger partial charge in [-0.25, -0.2) is 19.1 Å². The van der Waals surface area contributed by atoms with Gasteiger partial charge in [0.25, 0.3) is 11.7 Å². The molecule has 2 aromatic heterocycles. The van der Waals surface area contributed by atoms with Crippen LogP contribution in [0.15, 0.2) is 18.2 Å². The van der Waals surface area contributed by atoms with Gasteiger partial charge < -0.3 is 31.6 Å². The molecule has 0 saturated heterocycles. The highest BCUT2D eigenvalue weighted by atomic mass is 35.5. The van der Waals surface area contributed by atoms with Crippen molar-refractivity contribution in [2.75, 3.05) is 38.3 Å². The molecule has 0 aliphatic rings. The van der Waals surface area contributed by atoms with E-state index in [1.807, 2.05) is 32.0 Å². The molecule has 12 nitrogen and oxygen atoms in total. The van der Waals surface area contributed by atoms with E-state index in [0.29, 0.717) is 32.0 Å². The minimum absolute atomic E-state index is 0.0343. The van der Waals surface area contributed by atoms with E-state index in [9.17, 15) is 9.59 Å². The molecule has 0 saturated carbocycles. The Hall–Kier alpha value is -3.64. The third-order valence-electron chi connectivity index (χ3n) is 5.36. The minimum atomic E-state index is -0.504. The number of nitrogen functional groups attached to an aromatic ring is 2. The molecule has 0 aliphatic carbocycles. The van der Waals surface area contributed by atoms with Crippen LogP contribution < -0.4 is 31.4 Å². The Kier molecular flexibility index (Phi) is 8.66. The molecule has 3 aromatic rings. The van der Waals surface area contributed by atoms with Crippen molar-refractivity contribution in [3.05, 3.63) is 34.9 Å². The quantitative estimate of drug-likeness (QED) is 0.166. The monoisotopic (exact) mass is 505 g/mol. The summed E-state index contributed by atoms with van der Waals surface area (Å²) < 4.78 is 14.7. The highest BCUT2D eigenvalue weighted by Gasteiger charge is 2.25. The maximum Gasteiger partial charge on any atom is 0.319 e. The second kappa shape index (κ2) is 11.7. The first-order valence-electron chi connectivity index (χ1n) is 11.1. The number of hydrogen-bond acceptors (Lipinski definition) is 9. The van der Waals surface area contributed by atoms with Crippen LogP contribution in [0.4, 0.5) is 11.6 Å². The molecule has 188 valence electrons. The molecule has 1 aromatic carbocycles. The number of esters is 1. The van der Waals surface area contributed by atoms with Gasteiger partial charge in [0.1, 0.15) is 18.9 Å². The molecule has 1 amide bonds. The second-order valence-corrected chi connectivity index (χ2v) is 7.83. The summed E-state index contributed by atoms with van der Waals surface area (Å²) in [7, 11) is 1.35. The van der Waals surface area contributed by atoms with E-state index in [2.05, 4.69) is 34.5 Å². The molecule has 0 aliphatic heterocycles. The highest BCUT2D eigenvalue weighted by Crippen LogP contribution is 2.22. The van der Waals surface area contributed by atoms with Crippen molar-refractivity contribution in [3.8, 4) is 5.75 Å². The number of halogens is 1. The maximum atomic E-state index is 12.7. The SMILES string of the molecule is CCn1c(CNC(=O)c2nc(Cl)c(N)nc2N)[n+](CC)c2ccc(OCCNCC(=O)OC)cc21. The number of anilines is 2. The average molecular weight is 506 g/mol. The number of methoxy groups -OCH3 is 1. The number of aryl methyl sites for hydroxylation is 2. The number of nitrogens with one attached hydrogen (secondary N) is 2. The number of hydrogen-bond donors (Lipinski definition) is 4. The molecule has 13 heteroatoms. The normalized spacial score (nSPS) is 11.0. The van der Waals surface area contributed by atoms with Gasteiger partial charge in [0.2, 0.25) is 0 Å². The Labute approximate surface area is 207 Å². The molecule has 3 rings (SSSR count). The topological polar surface area (TPSA) is 163 Å². The van der Waals surface area contributed by atoms with Crippen molar-refractivity contribution >= 4 is 46.1 Å². The first-order chi connectivity index (χ1) is 16.8. The predicted octanol–water partition coefficient (Wildman–Crippen LogP) is 0.648. The van der Waals surface area contributed by atoms with Gasteiger partial charge in [-0.15, -0.1) is 0 Å². The lowest BCUT2D eigenvalue weighted by Gasteiger charge is -2.08. The molecular formula is C22H30ClN8O4+. The molecule has 0 fully saturated rings. The van der Waals surface area contributed by atoms with Crippen LogP contribution in [-0.2, 0) is 29.2 Å². The number of carbonyl (C=O) groups is 2. The van der Waals surface area contributed by atoms with Gasteiger partial charge in [-0.3, -0.25) is 9.59 Å². The average Bonchev–Trinajstić information content (AvgIpc) is 3.15. The molecule has 0 radical (unpaired) electrons. The molecule has 0 spiro atoms. The van der Waals surface area contributed by atoms with Crippen LogP contribution in [0.2, 0.25) is 5.15 Å². The lowest BCUT2D eigenvalue weighted by molar-refractivity contribution is -0.676. The van der Waals surface area contributed by atoms with Gasteiger partial charge in [0, 0.05) is 12.6 Å². The van der Waals surface area contributed by atoms with Crippen molar-refractivity contribution in [1.29, 1.82) is 0 Å². The fourth-order valence-corrected chi connectivity index (χ4v) is 3.84. The third-order valence-corrected chi connectivity index (χ3v) is 5.63. The minimum Gasteiger partial charge on any atom is -0.492 e. The maximum absolute atomic E-state index is 12.7. The Balaban J connectivity index is 1.77. The Morgan fingerprint density at radius 3 is 2.66 bits per heavy atom. The van der Waals surface area contributed by atoms with E-state index in [4.69, 9.17) is 27.8 Å². The van der Waals surface area contributed by atoms with E-state index >= 15 is 0 Å². The van der Waals surface area contributed by atoms with E-state index in [1.165, 1.54) is 7.11 Å². The van der Waals surface area contributed by atoms with Gasteiger partial charge in [-0.05, 0) is 26.0 Å². The standard InChI is InChI=1S/C22H29ClN8O4/c1-4-30-14-7-6-13(35-9-8-26-12-17(32)34-3)10-15(14)31(5-2)16(30)11-27-22(33)18-20(24)29-21(25)19(23)28-18/h6-7,10,26H,4-5,8-9,11-12H2,1-3H3,(H4-,24,25,27,29,33)/p+1. The molecule has 0 atom stereocenters. The van der Waals surface area contributed by atoms with Crippen molar-refractivity contribution in [1.82, 2.24) is 25.2 Å². The van der Waals surface area contributed by atoms with Crippen molar-refractivity contribution in [3.63, 3.8) is 0 Å². The third kappa shape index (κ3) is 5.89. The zero-order valence-corrected chi connectivity index (χ0v) is 20.7. The summed E-state index contributed by atoms with van der Waals surface area (Å²) in [4.78, 5) is 31.7. The van der Waals surface area contributed by atoms with Crippen LogP contribution in [-0.4, -0.2) is 53.2 Å². The fraction of sp³-hybridized carbons (Fsp3) is 0.409. The van der Waals surface area contributed by atoms with E-state index in [0.717, 1.165) is 16.9 Å². The molecular weight excluding hydrogens is 476 g/mol. The van der Waals surface area contributed by atoms with Gasteiger partial charge in [0.05, 0.1) is 26.7 Å². The molecule has 2 heterocycles. The number of benzene rings is 1. The van der Waals surface area contributed by atoms with Crippen molar-refractivity contribution in [2.24, 2.45) is 0 Å². The highest BCUT2D eigenvalue weighted by molar-refractivity contribution is 6.31. The van der Waals surface area contributed by atoms with E-state index in [-0.39, 0.29) is 41.5 Å². The van der Waals surface area contributed by atoms with Crippen LogP contribution in [0, 0.1) is 0 Å². The van der Waals surface area contributed by atoms with E-state index in [1.54, 1.807) is 0 Å². The van der Waals surface area contributed by atoms with Crippen LogP contribution in [0.5, 0.6) is 5.75 Å². The number of nitrogens with zero attached hydrogens (tertiary/aromatic N) is 4. The number of amides is 1. The largest absolute Gasteiger partial charge is 0.492 e. The van der Waals surface area contributed by atoms with Crippen molar-refractivity contribution < 1.29 is 23.6 Å². The van der Waals surface area contributed by atoms with E-state index < -0.39 is 5.91 Å². The molecule has 6 N–H and O–H groups in total. The molecule has 0 bridgehead atoms. The first-order valence-corrected chi connectivity index (χ1v) is 11.5. The molecule has 35 heavy (non-hydrogen) atoms. The summed E-state index contributed by atoms with van der Waals surface area (Å²) >= 11 is 5.91. The summed E-state index contributed by atoms with van der Waals surface area (Å²) in [6.45, 7) is 6.67. The summed E-state index contributed by atoms with van der Waals surface area (Å²) in [5, 5.41) is 5.73. The number of nitrogens with two attached hydrogens (primary N) is 2. The zero-order valence-electron chi connectivity index (χ0n) is 19.9. The van der Waals surface area contributed by atoms with Gasteiger partial charge in [-0.2, -0.15) is 0 Å². The number of carbonyl (C=O) groups excluding carboxylic acids is 2. The fourth-order valence-electron chi connectivity index (χ4n) is 3.71. The summed E-state index contributed by atoms with van der Waals surface area (Å²) in [6, 6.07) is 5.83. The van der Waals surface area contributed by atoms with Gasteiger partial charge in [-0.1, -0.05) is 11.6 Å². The predicted molar refractivity (Wildman–Crippen MR) is 131 cm³/mol. The van der Waals surface area contributed by atoms with Crippen LogP contribution in [0.3, 0.4) is 0 Å². The number of ether oxygens (including phenoxy) is 2. The number of fused-ring (bicyclic) bond motifs is 1. The first kappa shape index (κ1) is 26.0. The Morgan fingerprint density at radius 2 is 1.97 bits per heavy atom. The Morgan fingerprint density at radius 1 is 1.20 bits per heavy atom. The van der Waals surface area contributed by atoms with Gasteiger partial charge >= 0.3 is 5.97 Å². The zero-order chi connectivity index (χ0) is 25.5.